The van der Waals surface area contributed by atoms with Crippen LogP contribution in [0.5, 0.6) is 0 Å². The number of hydrogen-bond donors (Lipinski definition) is 1. The van der Waals surface area contributed by atoms with Crippen LogP contribution in [0.3, 0.4) is 0 Å². The van der Waals surface area contributed by atoms with E-state index >= 15 is 0 Å². The minimum atomic E-state index is -3.77. The Morgan fingerprint density at radius 2 is 1.73 bits per heavy atom. The SMILES string of the molecule is CN1CCN(S(=O)(=O)c2ccc(N[C@H](c3ccccc3)C3CC3)c([N+](=O)[O-])c2)CC1. The van der Waals surface area contributed by atoms with Gasteiger partial charge in [0.25, 0.3) is 5.69 Å². The van der Waals surface area contributed by atoms with Crippen LogP contribution in [-0.4, -0.2) is 55.8 Å². The molecule has 0 radical (unpaired) electrons. The van der Waals surface area contributed by atoms with E-state index in [-0.39, 0.29) is 16.6 Å². The summed E-state index contributed by atoms with van der Waals surface area (Å²) in [5.74, 6) is 0.417. The Morgan fingerprint density at radius 3 is 2.33 bits per heavy atom. The molecular weight excluding hydrogens is 404 g/mol. The number of anilines is 1. The van der Waals surface area contributed by atoms with Crippen molar-refractivity contribution < 1.29 is 13.3 Å². The summed E-state index contributed by atoms with van der Waals surface area (Å²) in [5.41, 5.74) is 1.20. The maximum Gasteiger partial charge on any atom is 0.293 e. The number of benzene rings is 2. The van der Waals surface area contributed by atoms with Crippen molar-refractivity contribution in [1.82, 2.24) is 9.21 Å². The zero-order chi connectivity index (χ0) is 21.3. The van der Waals surface area contributed by atoms with E-state index in [9.17, 15) is 18.5 Å². The van der Waals surface area contributed by atoms with Crippen LogP contribution in [0, 0.1) is 16.0 Å². The molecule has 2 aliphatic rings. The average Bonchev–Trinajstić information content (AvgIpc) is 3.58. The first-order valence-corrected chi connectivity index (χ1v) is 11.6. The summed E-state index contributed by atoms with van der Waals surface area (Å²) in [6.07, 6.45) is 2.13. The molecule has 9 heteroatoms. The molecule has 0 spiro atoms. The monoisotopic (exact) mass is 430 g/mol. The molecule has 1 aliphatic heterocycles. The van der Waals surface area contributed by atoms with E-state index in [0.717, 1.165) is 18.4 Å². The van der Waals surface area contributed by atoms with Gasteiger partial charge in [-0.1, -0.05) is 30.3 Å². The van der Waals surface area contributed by atoms with Gasteiger partial charge in [0.2, 0.25) is 10.0 Å². The second-order valence-corrected chi connectivity index (χ2v) is 9.95. The van der Waals surface area contributed by atoms with E-state index in [0.29, 0.717) is 37.8 Å². The molecule has 2 aromatic rings. The van der Waals surface area contributed by atoms with Gasteiger partial charge in [-0.25, -0.2) is 8.42 Å². The molecule has 1 saturated heterocycles. The number of nitrogens with one attached hydrogen (secondary N) is 1. The lowest BCUT2D eigenvalue weighted by atomic mass is 10.0. The van der Waals surface area contributed by atoms with Crippen LogP contribution in [-0.2, 0) is 10.0 Å². The summed E-state index contributed by atoms with van der Waals surface area (Å²) in [6, 6.07) is 14.0. The lowest BCUT2D eigenvalue weighted by Crippen LogP contribution is -2.47. The Morgan fingerprint density at radius 1 is 1.07 bits per heavy atom. The fourth-order valence-corrected chi connectivity index (χ4v) is 5.30. The number of rotatable bonds is 7. The number of nitro groups is 1. The second kappa shape index (κ2) is 8.33. The normalized spacial score (nSPS) is 19.4. The molecule has 4 rings (SSSR count). The Bertz CT molecular complexity index is 1020. The summed E-state index contributed by atoms with van der Waals surface area (Å²) in [6.45, 7) is 2.04. The summed E-state index contributed by atoms with van der Waals surface area (Å²) in [5, 5.41) is 15.1. The highest BCUT2D eigenvalue weighted by Gasteiger charge is 2.34. The molecule has 1 aliphatic carbocycles. The minimum Gasteiger partial charge on any atom is -0.372 e. The molecule has 1 saturated carbocycles. The number of likely N-dealkylation sites (N-methyl/N-ethyl adjacent to an activating group) is 1. The Balaban J connectivity index is 1.63. The van der Waals surface area contributed by atoms with Gasteiger partial charge in [0.05, 0.1) is 15.9 Å². The third kappa shape index (κ3) is 4.33. The molecule has 1 atom stereocenters. The molecule has 1 heterocycles. The Kier molecular flexibility index (Phi) is 5.77. The predicted molar refractivity (Wildman–Crippen MR) is 115 cm³/mol. The van der Waals surface area contributed by atoms with Crippen LogP contribution in [0.1, 0.15) is 24.4 Å². The van der Waals surface area contributed by atoms with Crippen molar-refractivity contribution in [3.63, 3.8) is 0 Å². The molecular formula is C21H26N4O4S. The highest BCUT2D eigenvalue weighted by Crippen LogP contribution is 2.44. The highest BCUT2D eigenvalue weighted by atomic mass is 32.2. The fourth-order valence-electron chi connectivity index (χ4n) is 3.85. The first kappa shape index (κ1) is 20.8. The predicted octanol–water partition coefficient (Wildman–Crippen LogP) is 3.09. The number of hydrogen-bond acceptors (Lipinski definition) is 6. The Hall–Kier alpha value is -2.49. The van der Waals surface area contributed by atoms with E-state index in [1.807, 2.05) is 37.4 Å². The van der Waals surface area contributed by atoms with E-state index in [1.54, 1.807) is 0 Å². The third-order valence-electron chi connectivity index (χ3n) is 5.83. The maximum atomic E-state index is 13.0. The molecule has 0 aromatic heterocycles. The average molecular weight is 431 g/mol. The molecule has 2 fully saturated rings. The first-order valence-electron chi connectivity index (χ1n) is 10.1. The Labute approximate surface area is 176 Å². The number of sulfonamides is 1. The molecule has 1 N–H and O–H groups in total. The second-order valence-electron chi connectivity index (χ2n) is 8.01. The van der Waals surface area contributed by atoms with Crippen molar-refractivity contribution in [3.05, 3.63) is 64.2 Å². The van der Waals surface area contributed by atoms with Crippen LogP contribution in [0.25, 0.3) is 0 Å². The third-order valence-corrected chi connectivity index (χ3v) is 7.72. The number of nitro benzene ring substituents is 1. The van der Waals surface area contributed by atoms with Crippen molar-refractivity contribution in [1.29, 1.82) is 0 Å². The van der Waals surface area contributed by atoms with Gasteiger partial charge in [0.15, 0.2) is 0 Å². The zero-order valence-corrected chi connectivity index (χ0v) is 17.7. The van der Waals surface area contributed by atoms with Gasteiger partial charge in [-0.2, -0.15) is 4.31 Å². The van der Waals surface area contributed by atoms with Gasteiger partial charge < -0.3 is 10.2 Å². The van der Waals surface area contributed by atoms with E-state index < -0.39 is 14.9 Å². The van der Waals surface area contributed by atoms with Gasteiger partial charge >= 0.3 is 0 Å². The van der Waals surface area contributed by atoms with Gasteiger partial charge in [-0.05, 0) is 43.5 Å². The van der Waals surface area contributed by atoms with Gasteiger partial charge in [-0.3, -0.25) is 10.1 Å². The summed E-state index contributed by atoms with van der Waals surface area (Å²) >= 11 is 0. The standard InChI is InChI=1S/C21H26N4O4S/c1-23-11-13-24(14-12-23)30(28,29)18-9-10-19(20(15-18)25(26)27)22-21(17-7-8-17)16-5-3-2-4-6-16/h2-6,9-10,15,17,21-22H,7-8,11-14H2,1H3/t21-/m1/s1. The highest BCUT2D eigenvalue weighted by molar-refractivity contribution is 7.89. The van der Waals surface area contributed by atoms with Crippen LogP contribution < -0.4 is 5.32 Å². The molecule has 2 aromatic carbocycles. The molecule has 0 bridgehead atoms. The summed E-state index contributed by atoms with van der Waals surface area (Å²) in [4.78, 5) is 13.3. The topological polar surface area (TPSA) is 95.8 Å². The smallest absolute Gasteiger partial charge is 0.293 e. The summed E-state index contributed by atoms with van der Waals surface area (Å²) in [7, 11) is -1.83. The van der Waals surface area contributed by atoms with E-state index in [2.05, 4.69) is 10.2 Å². The lowest BCUT2D eigenvalue weighted by Gasteiger charge is -2.31. The number of nitrogens with zero attached hydrogens (tertiary/aromatic N) is 3. The van der Waals surface area contributed by atoms with E-state index in [1.165, 1.54) is 22.5 Å². The number of piperazine rings is 1. The largest absolute Gasteiger partial charge is 0.372 e. The summed E-state index contributed by atoms with van der Waals surface area (Å²) < 4.78 is 27.4. The van der Waals surface area contributed by atoms with Crippen molar-refractivity contribution in [2.24, 2.45) is 5.92 Å². The van der Waals surface area contributed by atoms with Crippen LogP contribution in [0.2, 0.25) is 0 Å². The minimum absolute atomic E-state index is 0.0352. The molecule has 0 unspecified atom stereocenters. The van der Waals surface area contributed by atoms with Crippen molar-refractivity contribution >= 4 is 21.4 Å². The fraction of sp³-hybridized carbons (Fsp3) is 0.429. The van der Waals surface area contributed by atoms with Crippen molar-refractivity contribution in [2.75, 3.05) is 38.5 Å². The van der Waals surface area contributed by atoms with Gasteiger partial charge in [0, 0.05) is 32.2 Å². The van der Waals surface area contributed by atoms with Crippen LogP contribution >= 0.6 is 0 Å². The molecule has 0 amide bonds. The van der Waals surface area contributed by atoms with Crippen LogP contribution in [0.4, 0.5) is 11.4 Å². The van der Waals surface area contributed by atoms with Gasteiger partial charge in [0.1, 0.15) is 5.69 Å². The molecule has 160 valence electrons. The van der Waals surface area contributed by atoms with E-state index in [4.69, 9.17) is 0 Å². The van der Waals surface area contributed by atoms with Crippen molar-refractivity contribution in [3.8, 4) is 0 Å². The van der Waals surface area contributed by atoms with Gasteiger partial charge in [-0.15, -0.1) is 0 Å². The lowest BCUT2D eigenvalue weighted by molar-refractivity contribution is -0.384. The quantitative estimate of drug-likeness (QED) is 0.536. The molecule has 8 nitrogen and oxygen atoms in total. The van der Waals surface area contributed by atoms with Crippen LogP contribution in [0.15, 0.2) is 53.4 Å². The zero-order valence-electron chi connectivity index (χ0n) is 16.9. The molecule has 30 heavy (non-hydrogen) atoms. The van der Waals surface area contributed by atoms with Crippen molar-refractivity contribution in [2.45, 2.75) is 23.8 Å². The maximum absolute atomic E-state index is 13.0. The first-order chi connectivity index (χ1) is 14.4.